The van der Waals surface area contributed by atoms with Crippen molar-refractivity contribution in [3.8, 4) is 5.69 Å². The summed E-state index contributed by atoms with van der Waals surface area (Å²) in [6.45, 7) is 0.0427. The lowest BCUT2D eigenvalue weighted by Crippen LogP contribution is -2.47. The van der Waals surface area contributed by atoms with Gasteiger partial charge < -0.3 is 9.47 Å². The highest BCUT2D eigenvalue weighted by Crippen LogP contribution is 2.42. The summed E-state index contributed by atoms with van der Waals surface area (Å²) in [5.74, 6) is -0.211. The van der Waals surface area contributed by atoms with E-state index in [1.54, 1.807) is 11.0 Å². The predicted octanol–water partition coefficient (Wildman–Crippen LogP) is 5.62. The van der Waals surface area contributed by atoms with Crippen molar-refractivity contribution in [2.75, 3.05) is 11.4 Å². The Hall–Kier alpha value is -4.38. The molecule has 2 amide bonds. The Balaban J connectivity index is 1.35. The molecule has 5 nitrogen and oxygen atoms in total. The highest BCUT2D eigenvalue weighted by Gasteiger charge is 2.39. The van der Waals surface area contributed by atoms with E-state index in [1.807, 2.05) is 96.0 Å². The lowest BCUT2D eigenvalue weighted by atomic mass is 9.97. The molecule has 1 atom stereocenters. The molecule has 36 heavy (non-hydrogen) atoms. The Morgan fingerprint density at radius 1 is 0.806 bits per heavy atom. The van der Waals surface area contributed by atoms with Gasteiger partial charge in [0.15, 0.2) is 0 Å². The van der Waals surface area contributed by atoms with Crippen molar-refractivity contribution in [1.29, 1.82) is 0 Å². The summed E-state index contributed by atoms with van der Waals surface area (Å²) < 4.78 is 2.16. The van der Waals surface area contributed by atoms with E-state index < -0.39 is 0 Å². The zero-order valence-electron chi connectivity index (χ0n) is 19.9. The van der Waals surface area contributed by atoms with Crippen LogP contribution in [0.2, 0.25) is 0 Å². The molecule has 6 rings (SSSR count). The largest absolute Gasteiger partial charge is 0.327 e. The predicted molar refractivity (Wildman–Crippen MR) is 142 cm³/mol. The fourth-order valence-corrected chi connectivity index (χ4v) is 5.04. The summed E-state index contributed by atoms with van der Waals surface area (Å²) >= 11 is 0. The normalized spacial score (nSPS) is 16.4. The van der Waals surface area contributed by atoms with E-state index in [0.29, 0.717) is 0 Å². The second-order valence-electron chi connectivity index (χ2n) is 9.31. The van der Waals surface area contributed by atoms with Crippen molar-refractivity contribution in [3.63, 3.8) is 0 Å². The van der Waals surface area contributed by atoms with Crippen LogP contribution in [0.1, 0.15) is 35.7 Å². The Labute approximate surface area is 210 Å². The van der Waals surface area contributed by atoms with Gasteiger partial charge in [0.2, 0.25) is 11.8 Å². The molecule has 4 aromatic rings. The maximum absolute atomic E-state index is 14.1. The smallest absolute Gasteiger partial charge is 0.247 e. The van der Waals surface area contributed by atoms with E-state index in [-0.39, 0.29) is 30.4 Å². The molecule has 1 unspecified atom stereocenters. The van der Waals surface area contributed by atoms with Crippen LogP contribution in [-0.4, -0.2) is 33.9 Å². The molecular formula is C31H27N3O2. The molecule has 0 bridgehead atoms. The van der Waals surface area contributed by atoms with E-state index in [1.165, 1.54) is 0 Å². The highest BCUT2D eigenvalue weighted by molar-refractivity contribution is 6.02. The Bertz CT molecular complexity index is 1420. The van der Waals surface area contributed by atoms with Gasteiger partial charge in [-0.15, -0.1) is 0 Å². The molecule has 1 aliphatic heterocycles. The van der Waals surface area contributed by atoms with Gasteiger partial charge >= 0.3 is 0 Å². The van der Waals surface area contributed by atoms with E-state index in [2.05, 4.69) is 22.8 Å². The molecule has 178 valence electrons. The van der Waals surface area contributed by atoms with Gasteiger partial charge in [-0.05, 0) is 54.3 Å². The first-order valence-electron chi connectivity index (χ1n) is 12.4. The number of aromatic nitrogens is 1. The van der Waals surface area contributed by atoms with E-state index in [4.69, 9.17) is 0 Å². The summed E-state index contributed by atoms with van der Waals surface area (Å²) in [6.07, 6.45) is 7.31. The number of carbonyl (C=O) groups excluding carboxylic acids is 2. The minimum Gasteiger partial charge on any atom is -0.327 e. The van der Waals surface area contributed by atoms with Gasteiger partial charge in [0.25, 0.3) is 0 Å². The molecule has 0 radical (unpaired) electrons. The minimum absolute atomic E-state index is 0.0427. The molecule has 1 fully saturated rings. The zero-order chi connectivity index (χ0) is 24.5. The Morgan fingerprint density at radius 2 is 1.47 bits per heavy atom. The molecule has 2 heterocycles. The van der Waals surface area contributed by atoms with Gasteiger partial charge in [0.1, 0.15) is 12.6 Å². The number of anilines is 1. The average Bonchev–Trinajstić information content (AvgIpc) is 3.65. The molecule has 1 saturated carbocycles. The molecule has 0 N–H and O–H groups in total. The van der Waals surface area contributed by atoms with Crippen LogP contribution in [0.15, 0.2) is 109 Å². The third-order valence-corrected chi connectivity index (χ3v) is 6.90. The van der Waals surface area contributed by atoms with Crippen LogP contribution in [-0.2, 0) is 9.59 Å². The summed E-state index contributed by atoms with van der Waals surface area (Å²) in [5, 5.41) is 0. The van der Waals surface area contributed by atoms with Crippen LogP contribution >= 0.6 is 0 Å². The second kappa shape index (κ2) is 9.34. The third-order valence-electron chi connectivity index (χ3n) is 6.90. The zero-order valence-corrected chi connectivity index (χ0v) is 19.9. The first-order chi connectivity index (χ1) is 17.7. The topological polar surface area (TPSA) is 45.6 Å². The van der Waals surface area contributed by atoms with Crippen LogP contribution in [0.3, 0.4) is 0 Å². The molecule has 0 spiro atoms. The molecule has 3 aromatic carbocycles. The number of hydrogen-bond acceptors (Lipinski definition) is 2. The van der Waals surface area contributed by atoms with Crippen molar-refractivity contribution in [2.45, 2.75) is 24.9 Å². The molecule has 2 aliphatic rings. The third kappa shape index (κ3) is 4.13. The quantitative estimate of drug-likeness (QED) is 0.341. The van der Waals surface area contributed by atoms with Gasteiger partial charge in [-0.2, -0.15) is 0 Å². The Kier molecular flexibility index (Phi) is 5.74. The number of nitrogens with zero attached hydrogens (tertiary/aromatic N) is 3. The second-order valence-corrected chi connectivity index (χ2v) is 9.31. The van der Waals surface area contributed by atoms with Crippen LogP contribution in [0, 0.1) is 0 Å². The fraction of sp³-hybridized carbons (Fsp3) is 0.161. The minimum atomic E-state index is -0.278. The van der Waals surface area contributed by atoms with Gasteiger partial charge in [-0.3, -0.25) is 14.5 Å². The lowest BCUT2D eigenvalue weighted by molar-refractivity contribution is -0.132. The molecule has 1 aliphatic carbocycles. The van der Waals surface area contributed by atoms with E-state index >= 15 is 0 Å². The number of para-hydroxylation sites is 2. The SMILES string of the molecule is O=C(/C=C/c1ccccc1)N(CC(=O)N1c2ccccc2-n2cccc2C1c1ccccc1)C1CC1. The number of rotatable bonds is 6. The summed E-state index contributed by atoms with van der Waals surface area (Å²) in [6, 6.07) is 31.8. The first-order valence-corrected chi connectivity index (χ1v) is 12.4. The van der Waals surface area contributed by atoms with Gasteiger partial charge in [-0.1, -0.05) is 72.8 Å². The van der Waals surface area contributed by atoms with E-state index in [9.17, 15) is 9.59 Å². The van der Waals surface area contributed by atoms with Crippen LogP contribution in [0.25, 0.3) is 11.8 Å². The van der Waals surface area contributed by atoms with Crippen molar-refractivity contribution >= 4 is 23.6 Å². The summed E-state index contributed by atoms with van der Waals surface area (Å²) in [4.78, 5) is 30.9. The molecule has 5 heteroatoms. The maximum atomic E-state index is 14.1. The summed E-state index contributed by atoms with van der Waals surface area (Å²) in [5.41, 5.74) is 4.84. The van der Waals surface area contributed by atoms with Crippen molar-refractivity contribution in [2.24, 2.45) is 0 Å². The molecule has 0 saturated heterocycles. The highest BCUT2D eigenvalue weighted by atomic mass is 16.2. The standard InChI is InChI=1S/C31H27N3O2/c35-29(20-17-23-10-3-1-4-11-23)33(25-18-19-25)22-30(36)34-27-15-8-7-14-26(27)32-21-9-16-28(32)31(34)24-12-5-2-6-13-24/h1-17,20-21,25,31H,18-19,22H2/b20-17+. The number of fused-ring (bicyclic) bond motifs is 3. The summed E-state index contributed by atoms with van der Waals surface area (Å²) in [7, 11) is 0. The number of benzene rings is 3. The number of carbonyl (C=O) groups is 2. The van der Waals surface area contributed by atoms with E-state index in [0.717, 1.165) is 41.0 Å². The van der Waals surface area contributed by atoms with Crippen LogP contribution < -0.4 is 4.90 Å². The fourth-order valence-electron chi connectivity index (χ4n) is 5.04. The van der Waals surface area contributed by atoms with Gasteiger partial charge in [0, 0.05) is 18.3 Å². The number of hydrogen-bond donors (Lipinski definition) is 0. The van der Waals surface area contributed by atoms with Gasteiger partial charge in [-0.25, -0.2) is 0 Å². The monoisotopic (exact) mass is 473 g/mol. The van der Waals surface area contributed by atoms with Crippen molar-refractivity contribution in [1.82, 2.24) is 9.47 Å². The molecular weight excluding hydrogens is 446 g/mol. The molecule has 1 aromatic heterocycles. The first kappa shape index (κ1) is 22.1. The van der Waals surface area contributed by atoms with Gasteiger partial charge in [0.05, 0.1) is 17.1 Å². The Morgan fingerprint density at radius 3 is 2.19 bits per heavy atom. The van der Waals surface area contributed by atoms with Crippen molar-refractivity contribution < 1.29 is 9.59 Å². The van der Waals surface area contributed by atoms with Crippen LogP contribution in [0.5, 0.6) is 0 Å². The number of amides is 2. The average molecular weight is 474 g/mol. The maximum Gasteiger partial charge on any atom is 0.247 e. The van der Waals surface area contributed by atoms with Crippen LogP contribution in [0.4, 0.5) is 5.69 Å². The van der Waals surface area contributed by atoms with Crippen molar-refractivity contribution in [3.05, 3.63) is 126 Å². The lowest BCUT2D eigenvalue weighted by Gasteiger charge is -2.39.